The van der Waals surface area contributed by atoms with Crippen molar-refractivity contribution in [1.82, 2.24) is 4.90 Å². The Bertz CT molecular complexity index is 753. The fourth-order valence-electron chi connectivity index (χ4n) is 2.86. The zero-order chi connectivity index (χ0) is 17.6. The van der Waals surface area contributed by atoms with Gasteiger partial charge < -0.3 is 10.2 Å². The maximum Gasteiger partial charge on any atom is 0.253 e. The number of amides is 2. The van der Waals surface area contributed by atoms with Crippen molar-refractivity contribution in [2.45, 2.75) is 24.7 Å². The number of nitrogens with one attached hydrogen (secondary N) is 1. The predicted octanol–water partition coefficient (Wildman–Crippen LogP) is 3.96. The van der Waals surface area contributed by atoms with Crippen molar-refractivity contribution in [3.05, 3.63) is 59.7 Å². The largest absolute Gasteiger partial charge is 0.339 e. The molecule has 0 saturated carbocycles. The van der Waals surface area contributed by atoms with Gasteiger partial charge in [-0.2, -0.15) is 0 Å². The maximum absolute atomic E-state index is 12.3. The summed E-state index contributed by atoms with van der Waals surface area (Å²) in [4.78, 5) is 27.4. The lowest BCUT2D eigenvalue weighted by molar-refractivity contribution is -0.113. The standard InChI is InChI=1S/C20H22N2O2S/c1-15-6-2-3-7-18(15)25-14-19(23)21-17-10-8-16(9-11-17)20(24)22-12-4-5-13-22/h2-3,6-11H,4-5,12-14H2,1H3,(H,21,23). The Morgan fingerprint density at radius 1 is 1.04 bits per heavy atom. The van der Waals surface area contributed by atoms with E-state index in [9.17, 15) is 9.59 Å². The second kappa shape index (κ2) is 8.21. The van der Waals surface area contributed by atoms with Gasteiger partial charge in [-0.3, -0.25) is 9.59 Å². The Morgan fingerprint density at radius 2 is 1.72 bits per heavy atom. The topological polar surface area (TPSA) is 49.4 Å². The zero-order valence-corrected chi connectivity index (χ0v) is 15.1. The third-order valence-corrected chi connectivity index (χ3v) is 5.44. The van der Waals surface area contributed by atoms with E-state index < -0.39 is 0 Å². The second-order valence-corrected chi connectivity index (χ2v) is 7.20. The first-order valence-electron chi connectivity index (χ1n) is 8.51. The van der Waals surface area contributed by atoms with Crippen LogP contribution in [0.4, 0.5) is 5.69 Å². The SMILES string of the molecule is Cc1ccccc1SCC(=O)Nc1ccc(C(=O)N2CCCC2)cc1. The van der Waals surface area contributed by atoms with Gasteiger partial charge in [-0.1, -0.05) is 18.2 Å². The average Bonchev–Trinajstić information content (AvgIpc) is 3.16. The first-order chi connectivity index (χ1) is 12.1. The van der Waals surface area contributed by atoms with Crippen LogP contribution >= 0.6 is 11.8 Å². The minimum Gasteiger partial charge on any atom is -0.339 e. The molecule has 0 radical (unpaired) electrons. The Kier molecular flexibility index (Phi) is 5.76. The summed E-state index contributed by atoms with van der Waals surface area (Å²) in [5, 5.41) is 2.88. The monoisotopic (exact) mass is 354 g/mol. The van der Waals surface area contributed by atoms with Crippen LogP contribution in [0.3, 0.4) is 0 Å². The smallest absolute Gasteiger partial charge is 0.253 e. The van der Waals surface area contributed by atoms with Crippen LogP contribution in [-0.2, 0) is 4.79 Å². The van der Waals surface area contributed by atoms with Crippen molar-refractivity contribution in [2.24, 2.45) is 0 Å². The third kappa shape index (κ3) is 4.63. The first kappa shape index (κ1) is 17.5. The molecule has 4 nitrogen and oxygen atoms in total. The highest BCUT2D eigenvalue weighted by atomic mass is 32.2. The van der Waals surface area contributed by atoms with E-state index in [4.69, 9.17) is 0 Å². The van der Waals surface area contributed by atoms with Gasteiger partial charge in [0.25, 0.3) is 5.91 Å². The molecule has 0 atom stereocenters. The lowest BCUT2D eigenvalue weighted by Crippen LogP contribution is -2.27. The number of benzene rings is 2. The molecule has 1 aliphatic heterocycles. The van der Waals surface area contributed by atoms with Crippen molar-refractivity contribution in [3.63, 3.8) is 0 Å². The van der Waals surface area contributed by atoms with Gasteiger partial charge in [-0.15, -0.1) is 11.8 Å². The van der Waals surface area contributed by atoms with Crippen molar-refractivity contribution >= 4 is 29.3 Å². The molecule has 1 N–H and O–H groups in total. The highest BCUT2D eigenvalue weighted by Crippen LogP contribution is 2.22. The third-order valence-electron chi connectivity index (χ3n) is 4.26. The van der Waals surface area contributed by atoms with Gasteiger partial charge in [0.2, 0.25) is 5.91 Å². The molecule has 0 spiro atoms. The molecule has 0 aromatic heterocycles. The van der Waals surface area contributed by atoms with Gasteiger partial charge in [0, 0.05) is 29.2 Å². The van der Waals surface area contributed by atoms with Crippen LogP contribution in [0.15, 0.2) is 53.4 Å². The second-order valence-electron chi connectivity index (χ2n) is 6.18. The Morgan fingerprint density at radius 3 is 2.40 bits per heavy atom. The Hall–Kier alpha value is -2.27. The van der Waals surface area contributed by atoms with Gasteiger partial charge in [0.05, 0.1) is 5.75 Å². The molecule has 1 saturated heterocycles. The van der Waals surface area contributed by atoms with Crippen molar-refractivity contribution in [1.29, 1.82) is 0 Å². The summed E-state index contributed by atoms with van der Waals surface area (Å²) in [6.45, 7) is 3.72. The summed E-state index contributed by atoms with van der Waals surface area (Å²) in [5.74, 6) is 0.386. The number of aryl methyl sites for hydroxylation is 1. The van der Waals surface area contributed by atoms with E-state index in [1.807, 2.05) is 36.1 Å². The lowest BCUT2D eigenvalue weighted by atomic mass is 10.2. The highest BCUT2D eigenvalue weighted by molar-refractivity contribution is 8.00. The fourth-order valence-corrected chi connectivity index (χ4v) is 3.69. The van der Waals surface area contributed by atoms with Crippen LogP contribution in [0.25, 0.3) is 0 Å². The number of likely N-dealkylation sites (tertiary alicyclic amines) is 1. The van der Waals surface area contributed by atoms with Crippen LogP contribution < -0.4 is 5.32 Å². The first-order valence-corrected chi connectivity index (χ1v) is 9.49. The van der Waals surface area contributed by atoms with Gasteiger partial charge in [0.15, 0.2) is 0 Å². The van der Waals surface area contributed by atoms with Gasteiger partial charge >= 0.3 is 0 Å². The number of carbonyl (C=O) groups is 2. The molecule has 0 aliphatic carbocycles. The molecule has 0 bridgehead atoms. The number of thioether (sulfide) groups is 1. The molecule has 2 amide bonds. The maximum atomic E-state index is 12.3. The van der Waals surface area contributed by atoms with Crippen LogP contribution in [0.5, 0.6) is 0 Å². The summed E-state index contributed by atoms with van der Waals surface area (Å²) in [5.41, 5.74) is 2.56. The molecule has 2 aromatic rings. The zero-order valence-electron chi connectivity index (χ0n) is 14.3. The molecule has 5 heteroatoms. The van der Waals surface area contributed by atoms with Gasteiger partial charge in [0.1, 0.15) is 0 Å². The van der Waals surface area contributed by atoms with E-state index in [0.29, 0.717) is 17.0 Å². The summed E-state index contributed by atoms with van der Waals surface area (Å²) in [6.07, 6.45) is 2.16. The molecular weight excluding hydrogens is 332 g/mol. The van der Waals surface area contributed by atoms with E-state index in [-0.39, 0.29) is 11.8 Å². The molecule has 0 unspecified atom stereocenters. The normalized spacial score (nSPS) is 13.7. The van der Waals surface area contributed by atoms with E-state index in [0.717, 1.165) is 30.8 Å². The number of hydrogen-bond donors (Lipinski definition) is 1. The Balaban J connectivity index is 1.53. The van der Waals surface area contributed by atoms with Crippen molar-refractivity contribution < 1.29 is 9.59 Å². The molecule has 130 valence electrons. The predicted molar refractivity (Wildman–Crippen MR) is 102 cm³/mol. The molecular formula is C20H22N2O2S. The van der Waals surface area contributed by atoms with Gasteiger partial charge in [-0.25, -0.2) is 0 Å². The van der Waals surface area contributed by atoms with E-state index in [1.165, 1.54) is 17.3 Å². The fraction of sp³-hybridized carbons (Fsp3) is 0.300. The van der Waals surface area contributed by atoms with E-state index >= 15 is 0 Å². The number of hydrogen-bond acceptors (Lipinski definition) is 3. The molecule has 25 heavy (non-hydrogen) atoms. The summed E-state index contributed by atoms with van der Waals surface area (Å²) in [7, 11) is 0. The minimum atomic E-state index is -0.0492. The molecule has 1 heterocycles. The summed E-state index contributed by atoms with van der Waals surface area (Å²) < 4.78 is 0. The average molecular weight is 354 g/mol. The molecule has 2 aromatic carbocycles. The van der Waals surface area contributed by atoms with Crippen molar-refractivity contribution in [2.75, 3.05) is 24.2 Å². The van der Waals surface area contributed by atoms with E-state index in [2.05, 4.69) is 5.32 Å². The van der Waals surface area contributed by atoms with E-state index in [1.54, 1.807) is 24.3 Å². The molecule has 1 aliphatic rings. The molecule has 3 rings (SSSR count). The van der Waals surface area contributed by atoms with Crippen LogP contribution in [0, 0.1) is 6.92 Å². The summed E-state index contributed by atoms with van der Waals surface area (Å²) >= 11 is 1.53. The number of anilines is 1. The quantitative estimate of drug-likeness (QED) is 0.827. The molecule has 1 fully saturated rings. The summed E-state index contributed by atoms with van der Waals surface area (Å²) in [6, 6.07) is 15.2. The van der Waals surface area contributed by atoms with Crippen LogP contribution in [-0.4, -0.2) is 35.6 Å². The number of carbonyl (C=O) groups excluding carboxylic acids is 2. The van der Waals surface area contributed by atoms with Crippen molar-refractivity contribution in [3.8, 4) is 0 Å². The van der Waals surface area contributed by atoms with Crippen LogP contribution in [0.2, 0.25) is 0 Å². The number of rotatable bonds is 5. The Labute approximate surface area is 152 Å². The van der Waals surface area contributed by atoms with Crippen LogP contribution in [0.1, 0.15) is 28.8 Å². The number of nitrogens with zero attached hydrogens (tertiary/aromatic N) is 1. The minimum absolute atomic E-state index is 0.0492. The lowest BCUT2D eigenvalue weighted by Gasteiger charge is -2.15. The highest BCUT2D eigenvalue weighted by Gasteiger charge is 2.19. The van der Waals surface area contributed by atoms with Gasteiger partial charge in [-0.05, 0) is 55.7 Å².